The number of benzene rings is 1. The van der Waals surface area contributed by atoms with Crippen LogP contribution in [0.4, 0.5) is 5.82 Å². The highest BCUT2D eigenvalue weighted by atomic mass is 79.9. The number of aromatic nitrogens is 5. The SMILES string of the molecule is CCCSc1nc(NCc2ccc(Br)cc2)c2nnn([C@H]3C[C@@H](OCCOS(N)(=O)=O)[C@H](O)[C@@H]3O)c2n1. The molecule has 16 heteroatoms. The number of thioether (sulfide) groups is 1. The van der Waals surface area contributed by atoms with E-state index in [9.17, 15) is 18.6 Å². The van der Waals surface area contributed by atoms with Crippen LogP contribution in [0.3, 0.4) is 0 Å². The van der Waals surface area contributed by atoms with Gasteiger partial charge in [-0.1, -0.05) is 52.0 Å². The van der Waals surface area contributed by atoms with Crippen molar-refractivity contribution < 1.29 is 27.6 Å². The van der Waals surface area contributed by atoms with Gasteiger partial charge in [0.05, 0.1) is 25.4 Å². The fraction of sp³-hybridized carbons (Fsp3) is 0.524. The minimum atomic E-state index is -4.09. The maximum absolute atomic E-state index is 10.9. The van der Waals surface area contributed by atoms with E-state index in [2.05, 4.69) is 52.6 Å². The summed E-state index contributed by atoms with van der Waals surface area (Å²) in [6, 6.07) is 7.21. The van der Waals surface area contributed by atoms with Crippen molar-refractivity contribution >= 4 is 55.0 Å². The van der Waals surface area contributed by atoms with Crippen molar-refractivity contribution in [3.05, 3.63) is 34.3 Å². The van der Waals surface area contributed by atoms with E-state index in [1.807, 2.05) is 24.3 Å². The molecule has 0 amide bonds. The van der Waals surface area contributed by atoms with Gasteiger partial charge in [0.2, 0.25) is 0 Å². The summed E-state index contributed by atoms with van der Waals surface area (Å²) in [5.41, 5.74) is 1.90. The Morgan fingerprint density at radius 1 is 1.22 bits per heavy atom. The van der Waals surface area contributed by atoms with E-state index in [-0.39, 0.29) is 19.6 Å². The maximum atomic E-state index is 10.9. The molecule has 5 N–H and O–H groups in total. The highest BCUT2D eigenvalue weighted by molar-refractivity contribution is 9.10. The molecule has 0 unspecified atom stereocenters. The third-order valence-corrected chi connectivity index (χ3v) is 7.76. The van der Waals surface area contributed by atoms with Gasteiger partial charge in [0.25, 0.3) is 0 Å². The van der Waals surface area contributed by atoms with E-state index >= 15 is 0 Å². The van der Waals surface area contributed by atoms with Crippen molar-refractivity contribution in [3.63, 3.8) is 0 Å². The van der Waals surface area contributed by atoms with Gasteiger partial charge in [0.15, 0.2) is 22.1 Å². The van der Waals surface area contributed by atoms with Crippen molar-refractivity contribution in [2.24, 2.45) is 5.14 Å². The standard InChI is InChI=1S/C21H28BrN7O6S2/c1-2-9-36-21-25-19(24-11-12-3-5-13(22)6-4-12)16-20(26-21)29(28-27-16)14-10-15(18(31)17(14)30)34-7-8-35-37(23,32)33/h3-6,14-15,17-18,30-31H,2,7-11H2,1H3,(H2,23,32,33)(H,24,25,26)/t14-,15+,17+,18-/m0/s1. The van der Waals surface area contributed by atoms with Crippen molar-refractivity contribution in [3.8, 4) is 0 Å². The summed E-state index contributed by atoms with van der Waals surface area (Å²) in [4.78, 5) is 9.28. The van der Waals surface area contributed by atoms with Crippen molar-refractivity contribution in [1.82, 2.24) is 25.0 Å². The smallest absolute Gasteiger partial charge is 0.333 e. The van der Waals surface area contributed by atoms with Gasteiger partial charge in [-0.3, -0.25) is 4.18 Å². The van der Waals surface area contributed by atoms with E-state index in [0.717, 1.165) is 22.2 Å². The summed E-state index contributed by atoms with van der Waals surface area (Å²) in [5.74, 6) is 1.33. The molecule has 0 radical (unpaired) electrons. The first-order valence-corrected chi connectivity index (χ1v) is 14.8. The van der Waals surface area contributed by atoms with Crippen LogP contribution in [0, 0.1) is 0 Å². The van der Waals surface area contributed by atoms with Crippen LogP contribution >= 0.6 is 27.7 Å². The Hall–Kier alpha value is -1.92. The lowest BCUT2D eigenvalue weighted by atomic mass is 10.2. The van der Waals surface area contributed by atoms with E-state index < -0.39 is 34.7 Å². The molecule has 0 aliphatic heterocycles. The molecule has 3 aromatic rings. The number of ether oxygens (including phenoxy) is 1. The van der Waals surface area contributed by atoms with Crippen molar-refractivity contribution in [2.75, 3.05) is 24.3 Å². The van der Waals surface area contributed by atoms with Crippen molar-refractivity contribution in [2.45, 2.75) is 55.8 Å². The van der Waals surface area contributed by atoms with E-state index in [1.165, 1.54) is 16.4 Å². The molecule has 0 bridgehead atoms. The van der Waals surface area contributed by atoms with E-state index in [4.69, 9.17) is 9.88 Å². The third kappa shape index (κ3) is 7.14. The Kier molecular flexibility index (Phi) is 9.33. The predicted molar refractivity (Wildman–Crippen MR) is 140 cm³/mol. The summed E-state index contributed by atoms with van der Waals surface area (Å²) in [6.45, 7) is 2.12. The molecule has 37 heavy (non-hydrogen) atoms. The van der Waals surface area contributed by atoms with Crippen LogP contribution < -0.4 is 10.5 Å². The van der Waals surface area contributed by atoms with Crippen LogP contribution in [-0.2, 0) is 25.8 Å². The minimum Gasteiger partial charge on any atom is -0.388 e. The van der Waals surface area contributed by atoms with Gasteiger partial charge in [-0.25, -0.2) is 19.8 Å². The largest absolute Gasteiger partial charge is 0.388 e. The zero-order chi connectivity index (χ0) is 26.6. The number of rotatable bonds is 12. The number of nitrogens with one attached hydrogen (secondary N) is 1. The second-order valence-electron chi connectivity index (χ2n) is 8.40. The second kappa shape index (κ2) is 12.3. The average Bonchev–Trinajstić information content (AvgIpc) is 3.40. The Morgan fingerprint density at radius 3 is 2.68 bits per heavy atom. The molecular weight excluding hydrogens is 590 g/mol. The highest BCUT2D eigenvalue weighted by Gasteiger charge is 2.44. The van der Waals surface area contributed by atoms with Gasteiger partial charge in [0.1, 0.15) is 12.2 Å². The summed E-state index contributed by atoms with van der Waals surface area (Å²) in [5, 5.41) is 38.5. The topological polar surface area (TPSA) is 188 Å². The van der Waals surface area contributed by atoms with Crippen LogP contribution in [0.15, 0.2) is 33.9 Å². The van der Waals surface area contributed by atoms with Gasteiger partial charge in [0, 0.05) is 23.2 Å². The number of aliphatic hydroxyl groups excluding tert-OH is 2. The Labute approximate surface area is 226 Å². The number of aliphatic hydroxyl groups is 2. The van der Waals surface area contributed by atoms with Gasteiger partial charge in [-0.2, -0.15) is 8.42 Å². The molecule has 4 atom stereocenters. The number of fused-ring (bicyclic) bond motifs is 1. The van der Waals surface area contributed by atoms with Gasteiger partial charge >= 0.3 is 10.3 Å². The number of anilines is 1. The summed E-state index contributed by atoms with van der Waals surface area (Å²) in [6.07, 6.45) is -2.10. The molecule has 1 fully saturated rings. The maximum Gasteiger partial charge on any atom is 0.333 e. The van der Waals surface area contributed by atoms with Crippen LogP contribution in [0.5, 0.6) is 0 Å². The Morgan fingerprint density at radius 2 is 1.97 bits per heavy atom. The van der Waals surface area contributed by atoms with Crippen molar-refractivity contribution in [1.29, 1.82) is 0 Å². The molecule has 202 valence electrons. The molecule has 1 aromatic carbocycles. The number of nitrogens with two attached hydrogens (primary N) is 1. The molecule has 1 saturated carbocycles. The van der Waals surface area contributed by atoms with Gasteiger partial charge in [-0.15, -0.1) is 5.10 Å². The number of halogens is 1. The average molecular weight is 619 g/mol. The molecule has 4 rings (SSSR count). The normalized spacial score (nSPS) is 22.1. The zero-order valence-electron chi connectivity index (χ0n) is 19.9. The van der Waals surface area contributed by atoms with Crippen LogP contribution in [-0.4, -0.2) is 80.9 Å². The van der Waals surface area contributed by atoms with Crippen LogP contribution in [0.25, 0.3) is 11.2 Å². The van der Waals surface area contributed by atoms with E-state index in [0.29, 0.717) is 28.7 Å². The van der Waals surface area contributed by atoms with Crippen LogP contribution in [0.2, 0.25) is 0 Å². The Balaban J connectivity index is 1.55. The minimum absolute atomic E-state index is 0.139. The van der Waals surface area contributed by atoms with Crippen LogP contribution in [0.1, 0.15) is 31.4 Å². The first kappa shape index (κ1) is 28.1. The predicted octanol–water partition coefficient (Wildman–Crippen LogP) is 1.37. The molecule has 1 aliphatic carbocycles. The van der Waals surface area contributed by atoms with Gasteiger partial charge in [-0.05, 0) is 24.1 Å². The first-order chi connectivity index (χ1) is 17.7. The summed E-state index contributed by atoms with van der Waals surface area (Å²) >= 11 is 4.93. The monoisotopic (exact) mass is 617 g/mol. The summed E-state index contributed by atoms with van der Waals surface area (Å²) in [7, 11) is -4.09. The fourth-order valence-electron chi connectivity index (χ4n) is 3.93. The summed E-state index contributed by atoms with van der Waals surface area (Å²) < 4.78 is 34.3. The molecule has 0 saturated heterocycles. The molecule has 2 aromatic heterocycles. The van der Waals surface area contributed by atoms with Gasteiger partial charge < -0.3 is 20.3 Å². The molecule has 1 aliphatic rings. The molecular formula is C21H28BrN7O6S2. The number of hydrogen-bond donors (Lipinski definition) is 4. The lowest BCUT2D eigenvalue weighted by molar-refractivity contribution is -0.0612. The lowest BCUT2D eigenvalue weighted by Gasteiger charge is -2.17. The molecule has 0 spiro atoms. The number of hydrogen-bond acceptors (Lipinski definition) is 12. The molecule has 2 heterocycles. The molecule has 13 nitrogen and oxygen atoms in total. The quantitative estimate of drug-likeness (QED) is 0.130. The Bertz CT molecular complexity index is 1310. The lowest BCUT2D eigenvalue weighted by Crippen LogP contribution is -2.33. The second-order valence-corrected chi connectivity index (χ2v) is 11.6. The zero-order valence-corrected chi connectivity index (χ0v) is 23.1. The first-order valence-electron chi connectivity index (χ1n) is 11.5. The number of nitrogens with zero attached hydrogens (tertiary/aromatic N) is 5. The fourth-order valence-corrected chi connectivity index (χ4v) is 5.19. The third-order valence-electron chi connectivity index (χ3n) is 5.69. The highest BCUT2D eigenvalue weighted by Crippen LogP contribution is 2.35. The van der Waals surface area contributed by atoms with E-state index in [1.54, 1.807) is 0 Å².